The van der Waals surface area contributed by atoms with Gasteiger partial charge in [0.1, 0.15) is 0 Å². The van der Waals surface area contributed by atoms with Crippen molar-refractivity contribution in [2.24, 2.45) is 10.9 Å². The molecule has 7 heteroatoms. The molecule has 1 fully saturated rings. The van der Waals surface area contributed by atoms with Crippen molar-refractivity contribution in [1.82, 2.24) is 20.4 Å². The molecule has 2 unspecified atom stereocenters. The molecule has 2 N–H and O–H groups in total. The van der Waals surface area contributed by atoms with E-state index >= 15 is 0 Å². The van der Waals surface area contributed by atoms with Crippen LogP contribution in [0.1, 0.15) is 42.3 Å². The Morgan fingerprint density at radius 3 is 2.72 bits per heavy atom. The number of nitrogens with zero attached hydrogens (tertiary/aromatic N) is 3. The van der Waals surface area contributed by atoms with Crippen LogP contribution in [0.15, 0.2) is 41.4 Å². The van der Waals surface area contributed by atoms with Crippen LogP contribution >= 0.6 is 24.0 Å². The largest absolute Gasteiger partial charge is 0.373 e. The van der Waals surface area contributed by atoms with Crippen LogP contribution < -0.4 is 10.6 Å². The van der Waals surface area contributed by atoms with Crippen LogP contribution in [0.3, 0.4) is 0 Å². The number of nitrogens with one attached hydrogen (secondary N) is 2. The molecule has 0 spiro atoms. The lowest BCUT2D eigenvalue weighted by Crippen LogP contribution is -2.42. The zero-order valence-electron chi connectivity index (χ0n) is 17.7. The first kappa shape index (κ1) is 23.7. The molecule has 0 radical (unpaired) electrons. The normalized spacial score (nSPS) is 19.5. The van der Waals surface area contributed by atoms with Gasteiger partial charge in [-0.2, -0.15) is 5.10 Å². The highest BCUT2D eigenvalue weighted by Crippen LogP contribution is 2.32. The summed E-state index contributed by atoms with van der Waals surface area (Å²) in [5.41, 5.74) is 3.55. The molecular formula is C22H34IN5O. The third-order valence-corrected chi connectivity index (χ3v) is 5.27. The maximum Gasteiger partial charge on any atom is 0.190 e. The van der Waals surface area contributed by atoms with Gasteiger partial charge in [-0.3, -0.25) is 9.67 Å². The summed E-state index contributed by atoms with van der Waals surface area (Å²) in [6, 6.07) is 12.7. The van der Waals surface area contributed by atoms with E-state index in [0.717, 1.165) is 50.7 Å². The molecule has 1 aromatic carbocycles. The minimum absolute atomic E-state index is 0. The van der Waals surface area contributed by atoms with Crippen molar-refractivity contribution in [1.29, 1.82) is 0 Å². The van der Waals surface area contributed by atoms with Crippen LogP contribution in [0.5, 0.6) is 0 Å². The van der Waals surface area contributed by atoms with Crippen molar-refractivity contribution >= 4 is 29.9 Å². The van der Waals surface area contributed by atoms with E-state index in [2.05, 4.69) is 68.7 Å². The Balaban J connectivity index is 0.00000300. The second-order valence-electron chi connectivity index (χ2n) is 7.49. The van der Waals surface area contributed by atoms with E-state index in [-0.39, 0.29) is 30.1 Å². The van der Waals surface area contributed by atoms with Gasteiger partial charge in [-0.15, -0.1) is 24.0 Å². The number of rotatable bonds is 7. The van der Waals surface area contributed by atoms with Crippen molar-refractivity contribution < 1.29 is 4.74 Å². The molecule has 1 aliphatic rings. The van der Waals surface area contributed by atoms with Crippen LogP contribution in [0.4, 0.5) is 0 Å². The monoisotopic (exact) mass is 511 g/mol. The summed E-state index contributed by atoms with van der Waals surface area (Å²) >= 11 is 0. The molecule has 1 saturated heterocycles. The third-order valence-electron chi connectivity index (χ3n) is 5.27. The summed E-state index contributed by atoms with van der Waals surface area (Å²) in [5, 5.41) is 11.4. The van der Waals surface area contributed by atoms with Gasteiger partial charge in [0.15, 0.2) is 5.96 Å². The van der Waals surface area contributed by atoms with Gasteiger partial charge < -0.3 is 15.4 Å². The van der Waals surface area contributed by atoms with Gasteiger partial charge >= 0.3 is 0 Å². The van der Waals surface area contributed by atoms with E-state index < -0.39 is 0 Å². The van der Waals surface area contributed by atoms with Crippen LogP contribution in [0, 0.1) is 19.8 Å². The highest BCUT2D eigenvalue weighted by molar-refractivity contribution is 14.0. The fourth-order valence-corrected chi connectivity index (χ4v) is 3.85. The first-order valence-electron chi connectivity index (χ1n) is 10.3. The van der Waals surface area contributed by atoms with Crippen molar-refractivity contribution in [2.75, 3.05) is 26.7 Å². The fourth-order valence-electron chi connectivity index (χ4n) is 3.85. The van der Waals surface area contributed by atoms with Crippen LogP contribution in [-0.2, 0) is 11.3 Å². The Bertz CT molecular complexity index is 762. The molecule has 2 heterocycles. The average molecular weight is 511 g/mol. The van der Waals surface area contributed by atoms with E-state index in [1.807, 2.05) is 14.0 Å². The van der Waals surface area contributed by atoms with Gasteiger partial charge in [-0.1, -0.05) is 30.3 Å². The number of halogens is 1. The first-order chi connectivity index (χ1) is 13.7. The summed E-state index contributed by atoms with van der Waals surface area (Å²) < 4.78 is 8.16. The van der Waals surface area contributed by atoms with Crippen molar-refractivity contribution in [3.8, 4) is 0 Å². The van der Waals surface area contributed by atoms with Gasteiger partial charge in [0.05, 0.1) is 11.8 Å². The summed E-state index contributed by atoms with van der Waals surface area (Å²) in [7, 11) is 1.82. The predicted octanol–water partition coefficient (Wildman–Crippen LogP) is 3.84. The molecule has 160 valence electrons. The van der Waals surface area contributed by atoms with Gasteiger partial charge in [0.2, 0.25) is 0 Å². The van der Waals surface area contributed by atoms with Gasteiger partial charge in [0.25, 0.3) is 0 Å². The van der Waals surface area contributed by atoms with Crippen molar-refractivity contribution in [2.45, 2.75) is 45.8 Å². The molecule has 1 aliphatic heterocycles. The number of aryl methyl sites for hydroxylation is 3. The molecule has 0 amide bonds. The number of aromatic nitrogens is 2. The second-order valence-corrected chi connectivity index (χ2v) is 7.49. The smallest absolute Gasteiger partial charge is 0.190 e. The topological polar surface area (TPSA) is 63.5 Å². The molecule has 3 rings (SSSR count). The quantitative estimate of drug-likeness (QED) is 0.257. The maximum absolute atomic E-state index is 6.09. The van der Waals surface area contributed by atoms with Crippen LogP contribution in [0.25, 0.3) is 0 Å². The van der Waals surface area contributed by atoms with E-state index in [1.165, 1.54) is 17.7 Å². The molecule has 1 aromatic heterocycles. The molecular weight excluding hydrogens is 477 g/mol. The van der Waals surface area contributed by atoms with Crippen molar-refractivity contribution in [3.63, 3.8) is 0 Å². The SMILES string of the molecule is CN=C(NCCCn1nc(C)cc1C)NCC1CCCOC1c1ccccc1.I. The van der Waals surface area contributed by atoms with Gasteiger partial charge in [0, 0.05) is 44.9 Å². The van der Waals surface area contributed by atoms with E-state index in [9.17, 15) is 0 Å². The Hall–Kier alpha value is -1.61. The molecule has 2 aromatic rings. The van der Waals surface area contributed by atoms with Crippen LogP contribution in [-0.4, -0.2) is 42.5 Å². The summed E-state index contributed by atoms with van der Waals surface area (Å²) in [5.74, 6) is 1.30. The molecule has 0 aliphatic carbocycles. The lowest BCUT2D eigenvalue weighted by Gasteiger charge is -2.32. The average Bonchev–Trinajstić information content (AvgIpc) is 3.05. The summed E-state index contributed by atoms with van der Waals surface area (Å²) in [4.78, 5) is 4.37. The Morgan fingerprint density at radius 1 is 1.24 bits per heavy atom. The standard InChI is InChI=1S/C22H33N5O.HI/c1-17-15-18(2)27(26-17)13-8-12-24-22(23-3)25-16-20-11-7-14-28-21(20)19-9-5-4-6-10-19;/h4-6,9-10,15,20-21H,7-8,11-14,16H2,1-3H3,(H2,23,24,25);1H. The number of aliphatic imine (C=N–C) groups is 1. The van der Waals surface area contributed by atoms with Crippen molar-refractivity contribution in [3.05, 3.63) is 53.3 Å². The Kier molecular flexibility index (Phi) is 9.93. The fraction of sp³-hybridized carbons (Fsp3) is 0.545. The minimum Gasteiger partial charge on any atom is -0.373 e. The third kappa shape index (κ3) is 6.99. The predicted molar refractivity (Wildman–Crippen MR) is 129 cm³/mol. The molecule has 29 heavy (non-hydrogen) atoms. The number of hydrogen-bond donors (Lipinski definition) is 2. The Morgan fingerprint density at radius 2 is 2.03 bits per heavy atom. The second kappa shape index (κ2) is 12.2. The highest BCUT2D eigenvalue weighted by atomic mass is 127. The van der Waals surface area contributed by atoms with Gasteiger partial charge in [-0.05, 0) is 44.7 Å². The van der Waals surface area contributed by atoms with Gasteiger partial charge in [-0.25, -0.2) is 0 Å². The zero-order valence-corrected chi connectivity index (χ0v) is 20.1. The van der Waals surface area contributed by atoms with E-state index in [1.54, 1.807) is 0 Å². The lowest BCUT2D eigenvalue weighted by atomic mass is 9.89. The zero-order chi connectivity index (χ0) is 19.8. The maximum atomic E-state index is 6.09. The first-order valence-corrected chi connectivity index (χ1v) is 10.3. The lowest BCUT2D eigenvalue weighted by molar-refractivity contribution is -0.0265. The van der Waals surface area contributed by atoms with Crippen LogP contribution in [0.2, 0.25) is 0 Å². The molecule has 6 nitrogen and oxygen atoms in total. The number of hydrogen-bond acceptors (Lipinski definition) is 3. The number of ether oxygens (including phenoxy) is 1. The highest BCUT2D eigenvalue weighted by Gasteiger charge is 2.27. The molecule has 2 atom stereocenters. The minimum atomic E-state index is 0. The number of guanidine groups is 1. The Labute approximate surface area is 191 Å². The molecule has 0 saturated carbocycles. The number of benzene rings is 1. The summed E-state index contributed by atoms with van der Waals surface area (Å²) in [6.45, 7) is 7.61. The van der Waals surface area contributed by atoms with E-state index in [0.29, 0.717) is 5.92 Å². The summed E-state index contributed by atoms with van der Waals surface area (Å²) in [6.07, 6.45) is 3.44. The molecule has 0 bridgehead atoms. The van der Waals surface area contributed by atoms with E-state index in [4.69, 9.17) is 4.74 Å².